The minimum atomic E-state index is -0.572. The fourth-order valence-electron chi connectivity index (χ4n) is 3.58. The lowest BCUT2D eigenvalue weighted by Gasteiger charge is -2.16. The molecule has 0 bridgehead atoms. The van der Waals surface area contributed by atoms with Crippen LogP contribution in [0.25, 0.3) is 0 Å². The second kappa shape index (κ2) is 9.73. The van der Waals surface area contributed by atoms with E-state index in [4.69, 9.17) is 4.74 Å². The molecule has 4 rings (SSSR count). The van der Waals surface area contributed by atoms with E-state index < -0.39 is 17.2 Å². The number of ether oxygens (including phenoxy) is 1. The molecule has 1 atom stereocenters. The average Bonchev–Trinajstić information content (AvgIpc) is 3.64. The Bertz CT molecular complexity index is 1200. The molecular formula is C26H27N3O4. The number of hydrogen-bond donors (Lipinski definition) is 2. The highest BCUT2D eigenvalue weighted by atomic mass is 16.5. The maximum absolute atomic E-state index is 13.1. The van der Waals surface area contributed by atoms with Gasteiger partial charge in [-0.3, -0.25) is 14.4 Å². The lowest BCUT2D eigenvalue weighted by molar-refractivity contribution is 0.0938. The van der Waals surface area contributed by atoms with Crippen LogP contribution in [-0.4, -0.2) is 29.5 Å². The molecule has 0 aliphatic heterocycles. The van der Waals surface area contributed by atoms with Crippen molar-refractivity contribution < 1.29 is 14.3 Å². The van der Waals surface area contributed by atoms with E-state index in [1.807, 2.05) is 61.5 Å². The first kappa shape index (κ1) is 22.3. The van der Waals surface area contributed by atoms with Crippen LogP contribution in [0.4, 0.5) is 0 Å². The molecule has 3 aromatic rings. The van der Waals surface area contributed by atoms with Gasteiger partial charge < -0.3 is 19.9 Å². The highest BCUT2D eigenvalue weighted by molar-refractivity contribution is 5.99. The smallest absolute Gasteiger partial charge is 0.257 e. The van der Waals surface area contributed by atoms with E-state index in [1.165, 1.54) is 12.4 Å². The number of carbonyl (C=O) groups is 2. The van der Waals surface area contributed by atoms with Crippen LogP contribution in [-0.2, 0) is 6.54 Å². The molecule has 2 amide bonds. The van der Waals surface area contributed by atoms with Crippen molar-refractivity contribution in [1.82, 2.24) is 15.2 Å². The van der Waals surface area contributed by atoms with Crippen molar-refractivity contribution in [3.05, 3.63) is 99.5 Å². The topological polar surface area (TPSA) is 89.4 Å². The number of rotatable bonds is 8. The van der Waals surface area contributed by atoms with Gasteiger partial charge in [-0.25, -0.2) is 0 Å². The summed E-state index contributed by atoms with van der Waals surface area (Å²) < 4.78 is 6.89. The summed E-state index contributed by atoms with van der Waals surface area (Å²) in [7, 11) is 1.59. The summed E-state index contributed by atoms with van der Waals surface area (Å²) in [6.45, 7) is 2.27. The quantitative estimate of drug-likeness (QED) is 0.557. The molecule has 1 aliphatic rings. The van der Waals surface area contributed by atoms with Gasteiger partial charge in [-0.1, -0.05) is 42.5 Å². The number of hydrogen-bond acceptors (Lipinski definition) is 4. The van der Waals surface area contributed by atoms with Crippen LogP contribution in [0.3, 0.4) is 0 Å². The predicted octanol–water partition coefficient (Wildman–Crippen LogP) is 3.29. The van der Waals surface area contributed by atoms with Crippen molar-refractivity contribution >= 4 is 11.8 Å². The Kier molecular flexibility index (Phi) is 6.58. The maximum Gasteiger partial charge on any atom is 0.257 e. The van der Waals surface area contributed by atoms with Crippen LogP contribution in [0.15, 0.2) is 71.8 Å². The number of methoxy groups -OCH3 is 1. The monoisotopic (exact) mass is 445 g/mol. The first-order chi connectivity index (χ1) is 15.9. The van der Waals surface area contributed by atoms with Crippen LogP contribution < -0.4 is 20.8 Å². The molecule has 2 aromatic carbocycles. The van der Waals surface area contributed by atoms with Gasteiger partial charge in [0.15, 0.2) is 0 Å². The lowest BCUT2D eigenvalue weighted by atomic mass is 10.1. The van der Waals surface area contributed by atoms with E-state index >= 15 is 0 Å². The number of carbonyl (C=O) groups excluding carboxylic acids is 2. The van der Waals surface area contributed by atoms with E-state index in [9.17, 15) is 14.4 Å². The SMILES string of the molecule is COc1ccc([C@@H](C)NC(=O)c2cn(Cc3ccccc3)cc(C(=O)NC3CC3)c2=O)cc1. The number of benzene rings is 2. The van der Waals surface area contributed by atoms with Crippen LogP contribution in [0.2, 0.25) is 0 Å². The Morgan fingerprint density at radius 1 is 1.00 bits per heavy atom. The molecule has 1 aliphatic carbocycles. The second-order valence-electron chi connectivity index (χ2n) is 8.29. The Balaban J connectivity index is 1.62. The molecule has 0 unspecified atom stereocenters. The zero-order valence-corrected chi connectivity index (χ0v) is 18.7. The van der Waals surface area contributed by atoms with Crippen molar-refractivity contribution in [3.63, 3.8) is 0 Å². The average molecular weight is 446 g/mol. The summed E-state index contributed by atoms with van der Waals surface area (Å²) in [6.07, 6.45) is 4.85. The molecule has 0 spiro atoms. The molecule has 1 fully saturated rings. The van der Waals surface area contributed by atoms with Gasteiger partial charge >= 0.3 is 0 Å². The maximum atomic E-state index is 13.1. The summed E-state index contributed by atoms with van der Waals surface area (Å²) in [6, 6.07) is 16.8. The third-order valence-corrected chi connectivity index (χ3v) is 5.65. The summed E-state index contributed by atoms with van der Waals surface area (Å²) in [5.74, 6) is -0.246. The van der Waals surface area contributed by atoms with Crippen molar-refractivity contribution in [2.24, 2.45) is 0 Å². The third kappa shape index (κ3) is 5.49. The number of aromatic nitrogens is 1. The van der Waals surface area contributed by atoms with Gasteiger partial charge in [-0.15, -0.1) is 0 Å². The molecule has 0 radical (unpaired) electrons. The molecule has 1 saturated carbocycles. The summed E-state index contributed by atoms with van der Waals surface area (Å²) in [5.41, 5.74) is 1.21. The molecule has 1 aromatic heterocycles. The molecule has 170 valence electrons. The van der Waals surface area contributed by atoms with Gasteiger partial charge in [0.25, 0.3) is 11.8 Å². The van der Waals surface area contributed by atoms with Crippen LogP contribution in [0.1, 0.15) is 57.7 Å². The Morgan fingerprint density at radius 2 is 1.64 bits per heavy atom. The van der Waals surface area contributed by atoms with E-state index in [-0.39, 0.29) is 23.2 Å². The summed E-state index contributed by atoms with van der Waals surface area (Å²) >= 11 is 0. The first-order valence-corrected chi connectivity index (χ1v) is 11.0. The predicted molar refractivity (Wildman–Crippen MR) is 126 cm³/mol. The number of nitrogens with one attached hydrogen (secondary N) is 2. The van der Waals surface area contributed by atoms with Crippen LogP contribution in [0, 0.1) is 0 Å². The van der Waals surface area contributed by atoms with Crippen LogP contribution >= 0.6 is 0 Å². The normalized spacial score (nSPS) is 13.8. The van der Waals surface area contributed by atoms with Gasteiger partial charge in [0, 0.05) is 25.0 Å². The van der Waals surface area contributed by atoms with E-state index in [0.29, 0.717) is 6.54 Å². The molecule has 33 heavy (non-hydrogen) atoms. The molecule has 2 N–H and O–H groups in total. The van der Waals surface area contributed by atoms with Crippen molar-refractivity contribution in [3.8, 4) is 5.75 Å². The second-order valence-corrected chi connectivity index (χ2v) is 8.29. The van der Waals surface area contributed by atoms with E-state index in [1.54, 1.807) is 11.7 Å². The van der Waals surface area contributed by atoms with E-state index in [2.05, 4.69) is 10.6 Å². The molecule has 1 heterocycles. The van der Waals surface area contributed by atoms with Crippen LogP contribution in [0.5, 0.6) is 5.75 Å². The fourth-order valence-corrected chi connectivity index (χ4v) is 3.58. The molecule has 0 saturated heterocycles. The standard InChI is InChI=1S/C26H27N3O4/c1-17(19-8-12-21(33-2)13-9-19)27-25(31)22-15-29(14-18-6-4-3-5-7-18)16-23(24(22)30)26(32)28-20-10-11-20/h3-9,12-13,15-17,20H,10-11,14H2,1-2H3,(H,27,31)(H,28,32)/t17-/m1/s1. The number of pyridine rings is 1. The largest absolute Gasteiger partial charge is 0.497 e. The van der Waals surface area contributed by atoms with Gasteiger partial charge in [0.1, 0.15) is 16.9 Å². The van der Waals surface area contributed by atoms with Gasteiger partial charge in [0.2, 0.25) is 5.43 Å². The highest BCUT2D eigenvalue weighted by Gasteiger charge is 2.27. The molecular weight excluding hydrogens is 418 g/mol. The molecule has 7 heteroatoms. The molecule has 7 nitrogen and oxygen atoms in total. The third-order valence-electron chi connectivity index (χ3n) is 5.65. The van der Waals surface area contributed by atoms with Crippen molar-refractivity contribution in [1.29, 1.82) is 0 Å². The highest BCUT2D eigenvalue weighted by Crippen LogP contribution is 2.20. The Morgan fingerprint density at radius 3 is 2.24 bits per heavy atom. The van der Waals surface area contributed by atoms with Crippen molar-refractivity contribution in [2.45, 2.75) is 38.4 Å². The van der Waals surface area contributed by atoms with Crippen molar-refractivity contribution in [2.75, 3.05) is 7.11 Å². The number of nitrogens with zero attached hydrogens (tertiary/aromatic N) is 1. The zero-order chi connectivity index (χ0) is 23.4. The zero-order valence-electron chi connectivity index (χ0n) is 18.7. The van der Waals surface area contributed by atoms with E-state index in [0.717, 1.165) is 29.7 Å². The Hall–Kier alpha value is -3.87. The first-order valence-electron chi connectivity index (χ1n) is 11.0. The fraction of sp³-hybridized carbons (Fsp3) is 0.269. The van der Waals surface area contributed by atoms with Gasteiger partial charge in [-0.05, 0) is 43.0 Å². The summed E-state index contributed by atoms with van der Waals surface area (Å²) in [5, 5.41) is 5.73. The Labute approximate surface area is 192 Å². The lowest BCUT2D eigenvalue weighted by Crippen LogP contribution is -2.36. The van der Waals surface area contributed by atoms with Gasteiger partial charge in [0.05, 0.1) is 13.2 Å². The minimum Gasteiger partial charge on any atom is -0.497 e. The number of amides is 2. The van der Waals surface area contributed by atoms with Gasteiger partial charge in [-0.2, -0.15) is 0 Å². The summed E-state index contributed by atoms with van der Waals surface area (Å²) in [4.78, 5) is 38.9. The minimum absolute atomic E-state index is 0.0254.